The Morgan fingerprint density at radius 2 is 1.64 bits per heavy atom. The van der Waals surface area contributed by atoms with E-state index in [9.17, 15) is 0 Å². The number of aromatic nitrogens is 2. The predicted molar refractivity (Wildman–Crippen MR) is 106 cm³/mol. The number of benzene rings is 1. The van der Waals surface area contributed by atoms with Crippen molar-refractivity contribution >= 4 is 0 Å². The Bertz CT molecular complexity index is 622. The quantitative estimate of drug-likeness (QED) is 0.597. The summed E-state index contributed by atoms with van der Waals surface area (Å²) in [4.78, 5) is 0. The van der Waals surface area contributed by atoms with E-state index >= 15 is 0 Å². The Kier molecular flexibility index (Phi) is 6.61. The van der Waals surface area contributed by atoms with Gasteiger partial charge in [-0.15, -0.1) is 0 Å². The zero-order chi connectivity index (χ0) is 17.5. The maximum Gasteiger partial charge on any atom is 0.0929 e. The average Bonchev–Trinajstić information content (AvgIpc) is 2.67. The van der Waals surface area contributed by atoms with Crippen LogP contribution in [-0.4, -0.2) is 10.2 Å². The van der Waals surface area contributed by atoms with Crippen molar-refractivity contribution in [2.45, 2.75) is 71.6 Å². The zero-order valence-electron chi connectivity index (χ0n) is 15.9. The molecule has 1 aromatic carbocycles. The van der Waals surface area contributed by atoms with E-state index in [1.165, 1.54) is 62.5 Å². The molecule has 0 bridgehead atoms. The third-order valence-electron chi connectivity index (χ3n) is 5.73. The van der Waals surface area contributed by atoms with Gasteiger partial charge in [-0.3, -0.25) is 0 Å². The van der Waals surface area contributed by atoms with Crippen LogP contribution < -0.4 is 0 Å². The summed E-state index contributed by atoms with van der Waals surface area (Å²) in [5, 5.41) is 8.78. The summed E-state index contributed by atoms with van der Waals surface area (Å²) < 4.78 is 0. The van der Waals surface area contributed by atoms with Crippen LogP contribution in [0.3, 0.4) is 0 Å². The fraction of sp³-hybridized carbons (Fsp3) is 0.565. The van der Waals surface area contributed by atoms with Gasteiger partial charge in [0.1, 0.15) is 0 Å². The van der Waals surface area contributed by atoms with Crippen molar-refractivity contribution in [2.24, 2.45) is 11.8 Å². The molecule has 2 aromatic rings. The standard InChI is InChI=1S/C23H32N2/c1-3-4-5-22-16-17-23(25-24-22)21-14-12-20(13-15-21)11-10-19-8-6-18(2)7-9-19/h12-19H,3-11H2,1-2H3. The summed E-state index contributed by atoms with van der Waals surface area (Å²) in [6, 6.07) is 13.2. The van der Waals surface area contributed by atoms with Crippen LogP contribution in [0.15, 0.2) is 36.4 Å². The average molecular weight is 337 g/mol. The van der Waals surface area contributed by atoms with Gasteiger partial charge in [0, 0.05) is 5.56 Å². The molecule has 0 spiro atoms. The van der Waals surface area contributed by atoms with Crippen LogP contribution in [-0.2, 0) is 12.8 Å². The van der Waals surface area contributed by atoms with Gasteiger partial charge in [0.2, 0.25) is 0 Å². The van der Waals surface area contributed by atoms with Gasteiger partial charge in [-0.25, -0.2) is 0 Å². The summed E-state index contributed by atoms with van der Waals surface area (Å²) in [6.07, 6.45) is 11.7. The third kappa shape index (κ3) is 5.39. The minimum absolute atomic E-state index is 0.942. The molecule has 1 heterocycles. The molecule has 3 rings (SSSR count). The molecule has 0 saturated heterocycles. The summed E-state index contributed by atoms with van der Waals surface area (Å²) >= 11 is 0. The molecule has 1 aliphatic rings. The van der Waals surface area contributed by atoms with Crippen molar-refractivity contribution in [3.63, 3.8) is 0 Å². The van der Waals surface area contributed by atoms with E-state index < -0.39 is 0 Å². The molecule has 0 amide bonds. The van der Waals surface area contributed by atoms with Crippen LogP contribution in [0.25, 0.3) is 11.3 Å². The van der Waals surface area contributed by atoms with Crippen molar-refractivity contribution in [1.82, 2.24) is 10.2 Å². The Balaban J connectivity index is 1.53. The van der Waals surface area contributed by atoms with Crippen molar-refractivity contribution in [2.75, 3.05) is 0 Å². The first-order valence-corrected chi connectivity index (χ1v) is 10.2. The molecule has 2 heteroatoms. The molecule has 1 saturated carbocycles. The Labute approximate surface area is 153 Å². The summed E-state index contributed by atoms with van der Waals surface area (Å²) in [6.45, 7) is 4.60. The van der Waals surface area contributed by atoms with Gasteiger partial charge in [-0.05, 0) is 55.2 Å². The largest absolute Gasteiger partial charge is 0.155 e. The van der Waals surface area contributed by atoms with Crippen LogP contribution in [0.1, 0.15) is 70.1 Å². The van der Waals surface area contributed by atoms with Gasteiger partial charge < -0.3 is 0 Å². The van der Waals surface area contributed by atoms with E-state index in [2.05, 4.69) is 60.4 Å². The maximum atomic E-state index is 4.41. The third-order valence-corrected chi connectivity index (χ3v) is 5.73. The Morgan fingerprint density at radius 1 is 0.880 bits per heavy atom. The molecule has 0 aliphatic heterocycles. The van der Waals surface area contributed by atoms with E-state index in [4.69, 9.17) is 0 Å². The van der Waals surface area contributed by atoms with Crippen molar-refractivity contribution in [3.8, 4) is 11.3 Å². The first-order chi connectivity index (χ1) is 12.2. The smallest absolute Gasteiger partial charge is 0.0929 e. The molecular formula is C23H32N2. The second kappa shape index (κ2) is 9.12. The first kappa shape index (κ1) is 18.1. The minimum atomic E-state index is 0.942. The molecule has 1 aliphatic carbocycles. The highest BCUT2D eigenvalue weighted by Crippen LogP contribution is 2.31. The SMILES string of the molecule is CCCCc1ccc(-c2ccc(CCC3CCC(C)CC3)cc2)nn1. The second-order valence-corrected chi connectivity index (χ2v) is 7.87. The fourth-order valence-corrected chi connectivity index (χ4v) is 3.84. The van der Waals surface area contributed by atoms with Crippen LogP contribution in [0, 0.1) is 11.8 Å². The fourth-order valence-electron chi connectivity index (χ4n) is 3.84. The lowest BCUT2D eigenvalue weighted by molar-refractivity contribution is 0.278. The monoisotopic (exact) mass is 336 g/mol. The van der Waals surface area contributed by atoms with Gasteiger partial charge in [0.05, 0.1) is 11.4 Å². The van der Waals surface area contributed by atoms with Gasteiger partial charge in [-0.1, -0.05) is 70.2 Å². The molecule has 0 unspecified atom stereocenters. The van der Waals surface area contributed by atoms with E-state index in [0.29, 0.717) is 0 Å². The van der Waals surface area contributed by atoms with E-state index in [-0.39, 0.29) is 0 Å². The molecule has 0 N–H and O–H groups in total. The molecule has 1 aromatic heterocycles. The highest BCUT2D eigenvalue weighted by molar-refractivity contribution is 5.58. The molecule has 25 heavy (non-hydrogen) atoms. The summed E-state index contributed by atoms with van der Waals surface area (Å²) in [5.74, 6) is 1.89. The number of unbranched alkanes of at least 4 members (excludes halogenated alkanes) is 1. The van der Waals surface area contributed by atoms with Gasteiger partial charge >= 0.3 is 0 Å². The summed E-state index contributed by atoms with van der Waals surface area (Å²) in [7, 11) is 0. The molecule has 0 radical (unpaired) electrons. The summed E-state index contributed by atoms with van der Waals surface area (Å²) in [5.41, 5.74) is 4.71. The first-order valence-electron chi connectivity index (χ1n) is 10.2. The molecule has 0 atom stereocenters. The lowest BCUT2D eigenvalue weighted by atomic mass is 9.80. The Hall–Kier alpha value is -1.70. The lowest BCUT2D eigenvalue weighted by Gasteiger charge is -2.26. The van der Waals surface area contributed by atoms with Crippen LogP contribution >= 0.6 is 0 Å². The molecular weight excluding hydrogens is 304 g/mol. The predicted octanol–water partition coefficient (Wildman–Crippen LogP) is 6.25. The van der Waals surface area contributed by atoms with Crippen molar-refractivity contribution in [3.05, 3.63) is 47.7 Å². The lowest BCUT2D eigenvalue weighted by Crippen LogP contribution is -2.12. The van der Waals surface area contributed by atoms with Gasteiger partial charge in [0.25, 0.3) is 0 Å². The Morgan fingerprint density at radius 3 is 2.28 bits per heavy atom. The molecule has 1 fully saturated rings. The number of hydrogen-bond acceptors (Lipinski definition) is 2. The van der Waals surface area contributed by atoms with Crippen LogP contribution in [0.2, 0.25) is 0 Å². The van der Waals surface area contributed by atoms with Crippen LogP contribution in [0.4, 0.5) is 0 Å². The second-order valence-electron chi connectivity index (χ2n) is 7.87. The van der Waals surface area contributed by atoms with E-state index in [1.54, 1.807) is 0 Å². The normalized spacial score (nSPS) is 20.6. The van der Waals surface area contributed by atoms with Crippen molar-refractivity contribution in [1.29, 1.82) is 0 Å². The molecule has 2 nitrogen and oxygen atoms in total. The van der Waals surface area contributed by atoms with Crippen molar-refractivity contribution < 1.29 is 0 Å². The topological polar surface area (TPSA) is 25.8 Å². The minimum Gasteiger partial charge on any atom is -0.155 e. The van der Waals surface area contributed by atoms with E-state index in [0.717, 1.165) is 29.6 Å². The van der Waals surface area contributed by atoms with E-state index in [1.807, 2.05) is 0 Å². The van der Waals surface area contributed by atoms with Gasteiger partial charge in [-0.2, -0.15) is 10.2 Å². The van der Waals surface area contributed by atoms with Crippen LogP contribution in [0.5, 0.6) is 0 Å². The number of hydrogen-bond donors (Lipinski definition) is 0. The highest BCUT2D eigenvalue weighted by Gasteiger charge is 2.17. The maximum absolute atomic E-state index is 4.41. The van der Waals surface area contributed by atoms with Gasteiger partial charge in [0.15, 0.2) is 0 Å². The number of rotatable bonds is 7. The number of nitrogens with zero attached hydrogens (tertiary/aromatic N) is 2. The zero-order valence-corrected chi connectivity index (χ0v) is 15.9. The number of aryl methyl sites for hydroxylation is 2. The molecule has 134 valence electrons. The highest BCUT2D eigenvalue weighted by atomic mass is 15.1.